The number of hydrogen-bond donors (Lipinski definition) is 3. The van der Waals surface area contributed by atoms with Crippen molar-refractivity contribution in [1.29, 1.82) is 0 Å². The average Bonchev–Trinajstić information content (AvgIpc) is 2.72. The van der Waals surface area contributed by atoms with Gasteiger partial charge in [0, 0.05) is 13.7 Å². The van der Waals surface area contributed by atoms with Crippen molar-refractivity contribution < 1.29 is 19.1 Å². The van der Waals surface area contributed by atoms with E-state index in [1.807, 2.05) is 6.92 Å². The summed E-state index contributed by atoms with van der Waals surface area (Å²) in [7, 11) is 1.58. The van der Waals surface area contributed by atoms with Crippen LogP contribution in [0.3, 0.4) is 0 Å². The summed E-state index contributed by atoms with van der Waals surface area (Å²) in [5, 5.41) is 8.45. The normalized spacial score (nSPS) is 10.1. The number of carbonyl (C=O) groups is 2. The fraction of sp³-hybridized carbons (Fsp3) is 0.286. The van der Waals surface area contributed by atoms with E-state index in [1.165, 1.54) is 0 Å². The quantitative estimate of drug-likeness (QED) is 0.431. The largest absolute Gasteiger partial charge is 0.490 e. The lowest BCUT2D eigenvalue weighted by molar-refractivity contribution is 0.0951. The molecular weight excluding hydrogens is 390 g/mol. The molecule has 0 fully saturated rings. The number of hydrogen-bond acceptors (Lipinski definition) is 5. The van der Waals surface area contributed by atoms with Crippen LogP contribution in [0.15, 0.2) is 48.5 Å². The van der Waals surface area contributed by atoms with Gasteiger partial charge in [0.2, 0.25) is 0 Å². The highest BCUT2D eigenvalue weighted by atomic mass is 32.1. The molecule has 3 N–H and O–H groups in total. The smallest absolute Gasteiger partial charge is 0.261 e. The number of para-hydroxylation sites is 2. The van der Waals surface area contributed by atoms with E-state index in [1.54, 1.807) is 55.6 Å². The van der Waals surface area contributed by atoms with Gasteiger partial charge in [-0.25, -0.2) is 0 Å². The lowest BCUT2D eigenvalue weighted by atomic mass is 10.1. The highest BCUT2D eigenvalue weighted by Crippen LogP contribution is 2.18. The maximum atomic E-state index is 12.6. The van der Waals surface area contributed by atoms with E-state index in [-0.39, 0.29) is 11.0 Å². The second-order valence-corrected chi connectivity index (χ2v) is 6.46. The van der Waals surface area contributed by atoms with Gasteiger partial charge in [-0.1, -0.05) is 31.2 Å². The van der Waals surface area contributed by atoms with Gasteiger partial charge in [0.15, 0.2) is 5.11 Å². The number of methoxy groups -OCH3 is 1. The third-order valence-electron chi connectivity index (χ3n) is 3.86. The van der Waals surface area contributed by atoms with Crippen LogP contribution in [0.1, 0.15) is 34.1 Å². The average molecular weight is 416 g/mol. The standard InChI is InChI=1S/C21H25N3O4S/c1-3-12-22-19(25)15-8-4-6-10-17(15)23-21(29)24-20(26)16-9-5-7-11-18(16)28-14-13-27-2/h4-11H,3,12-14H2,1-2H3,(H,22,25)(H2,23,24,26,29). The Hall–Kier alpha value is -2.97. The molecule has 7 nitrogen and oxygen atoms in total. The molecule has 0 heterocycles. The number of thiocarbonyl (C=S) groups is 1. The van der Waals surface area contributed by atoms with Gasteiger partial charge in [0.1, 0.15) is 12.4 Å². The van der Waals surface area contributed by atoms with Crippen molar-refractivity contribution in [1.82, 2.24) is 10.6 Å². The highest BCUT2D eigenvalue weighted by molar-refractivity contribution is 7.80. The Balaban J connectivity index is 2.05. The predicted molar refractivity (Wildman–Crippen MR) is 117 cm³/mol. The lowest BCUT2D eigenvalue weighted by Crippen LogP contribution is -2.35. The number of amides is 2. The van der Waals surface area contributed by atoms with E-state index in [2.05, 4.69) is 16.0 Å². The van der Waals surface area contributed by atoms with Gasteiger partial charge in [-0.15, -0.1) is 0 Å². The summed E-state index contributed by atoms with van der Waals surface area (Å²) in [5.41, 5.74) is 1.30. The van der Waals surface area contributed by atoms with Crippen molar-refractivity contribution in [3.63, 3.8) is 0 Å². The van der Waals surface area contributed by atoms with E-state index >= 15 is 0 Å². The fourth-order valence-electron chi connectivity index (χ4n) is 2.46. The minimum absolute atomic E-state index is 0.0810. The third kappa shape index (κ3) is 6.85. The van der Waals surface area contributed by atoms with Gasteiger partial charge < -0.3 is 20.1 Å². The van der Waals surface area contributed by atoms with Crippen molar-refractivity contribution in [2.45, 2.75) is 13.3 Å². The Morgan fingerprint density at radius 3 is 2.38 bits per heavy atom. The van der Waals surface area contributed by atoms with Crippen LogP contribution in [-0.4, -0.2) is 43.8 Å². The van der Waals surface area contributed by atoms with E-state index in [9.17, 15) is 9.59 Å². The first kappa shape index (κ1) is 22.3. The van der Waals surface area contributed by atoms with Crippen LogP contribution < -0.4 is 20.7 Å². The van der Waals surface area contributed by atoms with E-state index < -0.39 is 5.91 Å². The Bertz CT molecular complexity index is 857. The minimum Gasteiger partial charge on any atom is -0.490 e. The Kier molecular flexibility index (Phi) is 9.07. The number of nitrogens with one attached hydrogen (secondary N) is 3. The second-order valence-electron chi connectivity index (χ2n) is 6.05. The zero-order valence-electron chi connectivity index (χ0n) is 16.5. The van der Waals surface area contributed by atoms with Gasteiger partial charge in [-0.3, -0.25) is 14.9 Å². The summed E-state index contributed by atoms with van der Waals surface area (Å²) in [6.45, 7) is 3.29. The van der Waals surface area contributed by atoms with Crippen LogP contribution in [-0.2, 0) is 4.74 Å². The maximum Gasteiger partial charge on any atom is 0.261 e. The molecule has 2 aromatic carbocycles. The first-order valence-electron chi connectivity index (χ1n) is 9.27. The maximum absolute atomic E-state index is 12.6. The molecule has 0 unspecified atom stereocenters. The van der Waals surface area contributed by atoms with Gasteiger partial charge in [-0.2, -0.15) is 0 Å². The monoisotopic (exact) mass is 415 g/mol. The van der Waals surface area contributed by atoms with Crippen LogP contribution in [0.25, 0.3) is 0 Å². The number of rotatable bonds is 9. The molecule has 0 aliphatic carbocycles. The molecule has 2 rings (SSSR count). The summed E-state index contributed by atoms with van der Waals surface area (Å²) < 4.78 is 10.5. The van der Waals surface area contributed by atoms with Crippen LogP contribution in [0, 0.1) is 0 Å². The lowest BCUT2D eigenvalue weighted by Gasteiger charge is -2.15. The van der Waals surface area contributed by atoms with Crippen LogP contribution in [0.2, 0.25) is 0 Å². The SMILES string of the molecule is CCCNC(=O)c1ccccc1NC(=S)NC(=O)c1ccccc1OCCOC. The van der Waals surface area contributed by atoms with Crippen LogP contribution in [0.4, 0.5) is 5.69 Å². The van der Waals surface area contributed by atoms with E-state index in [0.717, 1.165) is 6.42 Å². The van der Waals surface area contributed by atoms with E-state index in [4.69, 9.17) is 21.7 Å². The molecule has 0 atom stereocenters. The fourth-order valence-corrected chi connectivity index (χ4v) is 2.67. The van der Waals surface area contributed by atoms with E-state index in [0.29, 0.717) is 42.3 Å². The minimum atomic E-state index is -0.413. The first-order chi connectivity index (χ1) is 14.1. The summed E-state index contributed by atoms with van der Waals surface area (Å²) in [4.78, 5) is 24.9. The van der Waals surface area contributed by atoms with Crippen molar-refractivity contribution in [2.24, 2.45) is 0 Å². The molecule has 0 bridgehead atoms. The zero-order valence-corrected chi connectivity index (χ0v) is 17.3. The summed E-state index contributed by atoms with van der Waals surface area (Å²) in [6, 6.07) is 13.8. The zero-order chi connectivity index (χ0) is 21.1. The van der Waals surface area contributed by atoms with Gasteiger partial charge in [0.05, 0.1) is 23.4 Å². The summed E-state index contributed by atoms with van der Waals surface area (Å²) >= 11 is 5.26. The third-order valence-corrected chi connectivity index (χ3v) is 4.06. The van der Waals surface area contributed by atoms with Crippen LogP contribution in [0.5, 0.6) is 5.75 Å². The molecule has 29 heavy (non-hydrogen) atoms. The molecule has 8 heteroatoms. The molecule has 154 valence electrons. The molecule has 0 radical (unpaired) electrons. The predicted octanol–water partition coefficient (Wildman–Crippen LogP) is 2.98. The summed E-state index contributed by atoms with van der Waals surface area (Å²) in [6.07, 6.45) is 0.835. The summed E-state index contributed by atoms with van der Waals surface area (Å²) in [5.74, 6) is -0.186. The first-order valence-corrected chi connectivity index (χ1v) is 9.68. The van der Waals surface area contributed by atoms with Crippen molar-refractivity contribution in [3.8, 4) is 5.75 Å². The van der Waals surface area contributed by atoms with Gasteiger partial charge in [0.25, 0.3) is 11.8 Å². The Morgan fingerprint density at radius 1 is 0.966 bits per heavy atom. The van der Waals surface area contributed by atoms with Crippen LogP contribution >= 0.6 is 12.2 Å². The topological polar surface area (TPSA) is 88.7 Å². The van der Waals surface area contributed by atoms with Crippen molar-refractivity contribution in [3.05, 3.63) is 59.7 Å². The molecule has 0 aliphatic rings. The molecule has 2 aromatic rings. The number of carbonyl (C=O) groups excluding carboxylic acids is 2. The van der Waals surface area contributed by atoms with Gasteiger partial charge >= 0.3 is 0 Å². The van der Waals surface area contributed by atoms with Crippen molar-refractivity contribution >= 4 is 34.8 Å². The molecular formula is C21H25N3O4S. The number of benzene rings is 2. The molecule has 0 aromatic heterocycles. The number of ether oxygens (including phenoxy) is 2. The molecule has 0 saturated carbocycles. The number of anilines is 1. The Labute approximate surface area is 175 Å². The molecule has 0 saturated heterocycles. The van der Waals surface area contributed by atoms with Gasteiger partial charge in [-0.05, 0) is 42.9 Å². The highest BCUT2D eigenvalue weighted by Gasteiger charge is 2.15. The van der Waals surface area contributed by atoms with Crippen molar-refractivity contribution in [2.75, 3.05) is 32.2 Å². The Morgan fingerprint density at radius 2 is 1.66 bits per heavy atom. The molecule has 0 spiro atoms. The second kappa shape index (κ2) is 11.8. The molecule has 2 amide bonds. The molecule has 0 aliphatic heterocycles.